The van der Waals surface area contributed by atoms with Gasteiger partial charge in [0, 0.05) is 22.6 Å². The molecule has 0 heterocycles. The molecule has 0 spiro atoms. The van der Waals surface area contributed by atoms with Crippen LogP contribution in [0.2, 0.25) is 0 Å². The van der Waals surface area contributed by atoms with Crippen LogP contribution in [0, 0.1) is 6.92 Å². The molecular weight excluding hydrogens is 242 g/mol. The van der Waals surface area contributed by atoms with Crippen molar-refractivity contribution < 1.29 is 4.21 Å². The lowest BCUT2D eigenvalue weighted by Gasteiger charge is -2.20. The van der Waals surface area contributed by atoms with E-state index in [1.807, 2.05) is 12.1 Å². The van der Waals surface area contributed by atoms with Gasteiger partial charge in [-0.2, -0.15) is 0 Å². The molecule has 3 heteroatoms. The minimum atomic E-state index is -0.751. The summed E-state index contributed by atoms with van der Waals surface area (Å²) in [5, 5.41) is 3.82. The smallest absolute Gasteiger partial charge is 0.0504 e. The summed E-state index contributed by atoms with van der Waals surface area (Å²) in [5.41, 5.74) is 2.49. The van der Waals surface area contributed by atoms with Gasteiger partial charge in [0.1, 0.15) is 0 Å². The van der Waals surface area contributed by atoms with E-state index in [-0.39, 0.29) is 0 Å². The Kier molecular flexibility index (Phi) is 4.95. The lowest BCUT2D eigenvalue weighted by molar-refractivity contribution is 0.540. The Labute approximate surface area is 113 Å². The maximum atomic E-state index is 12.5. The van der Waals surface area contributed by atoms with E-state index in [4.69, 9.17) is 0 Å². The highest BCUT2D eigenvalue weighted by molar-refractivity contribution is 7.84. The average Bonchev–Trinajstić information content (AvgIpc) is 2.81. The number of nitrogens with one attached hydrogen (secondary N) is 1. The number of aryl methyl sites for hydroxylation is 1. The molecule has 2 nitrogen and oxygen atoms in total. The monoisotopic (exact) mass is 265 g/mol. The van der Waals surface area contributed by atoms with Crippen molar-refractivity contribution in [1.29, 1.82) is 0 Å². The Morgan fingerprint density at radius 1 is 1.33 bits per heavy atom. The largest absolute Gasteiger partial charge is 0.313 e. The first-order valence-corrected chi connectivity index (χ1v) is 8.25. The van der Waals surface area contributed by atoms with Crippen LogP contribution in [0.4, 0.5) is 0 Å². The van der Waals surface area contributed by atoms with Crippen LogP contribution < -0.4 is 5.32 Å². The topological polar surface area (TPSA) is 29.1 Å². The van der Waals surface area contributed by atoms with Crippen molar-refractivity contribution in [2.24, 2.45) is 0 Å². The van der Waals surface area contributed by atoms with Crippen molar-refractivity contribution in [3.05, 3.63) is 35.4 Å². The third-order valence-electron chi connectivity index (χ3n) is 3.82. The Bertz CT molecular complexity index is 419. The van der Waals surface area contributed by atoms with Crippen molar-refractivity contribution in [2.75, 3.05) is 6.54 Å². The first kappa shape index (κ1) is 13.8. The molecular formula is C15H23NOS. The number of benzene rings is 1. The van der Waals surface area contributed by atoms with Crippen LogP contribution in [0.15, 0.2) is 24.3 Å². The van der Waals surface area contributed by atoms with E-state index < -0.39 is 10.8 Å². The van der Waals surface area contributed by atoms with Crippen LogP contribution in [0.5, 0.6) is 0 Å². The molecule has 0 bridgehead atoms. The molecule has 1 N–H and O–H groups in total. The molecule has 0 saturated heterocycles. The highest BCUT2D eigenvalue weighted by Crippen LogP contribution is 2.26. The maximum Gasteiger partial charge on any atom is 0.0504 e. The second-order valence-electron chi connectivity index (χ2n) is 5.09. The van der Waals surface area contributed by atoms with Crippen LogP contribution in [-0.4, -0.2) is 22.0 Å². The Hall–Kier alpha value is -0.670. The fourth-order valence-corrected chi connectivity index (χ4v) is 4.64. The van der Waals surface area contributed by atoms with Crippen molar-refractivity contribution >= 4 is 10.8 Å². The molecule has 18 heavy (non-hydrogen) atoms. The summed E-state index contributed by atoms with van der Waals surface area (Å²) in [4.78, 5) is 0. The van der Waals surface area contributed by atoms with Crippen molar-refractivity contribution in [2.45, 2.75) is 50.2 Å². The Balaban J connectivity index is 2.01. The van der Waals surface area contributed by atoms with Gasteiger partial charge in [0.25, 0.3) is 0 Å². The molecule has 100 valence electrons. The number of hydrogen-bond acceptors (Lipinski definition) is 2. The summed E-state index contributed by atoms with van der Waals surface area (Å²) < 4.78 is 12.5. The highest BCUT2D eigenvalue weighted by Gasteiger charge is 2.31. The SMILES string of the molecule is CCNC1CCCC1S(=O)Cc1ccccc1C. The summed E-state index contributed by atoms with van der Waals surface area (Å²) in [7, 11) is -0.751. The molecule has 0 aliphatic heterocycles. The van der Waals surface area contributed by atoms with Crippen LogP contribution in [-0.2, 0) is 16.6 Å². The van der Waals surface area contributed by atoms with Gasteiger partial charge in [-0.25, -0.2) is 0 Å². The average molecular weight is 265 g/mol. The van der Waals surface area contributed by atoms with E-state index in [0.717, 1.165) is 13.0 Å². The molecule has 0 radical (unpaired) electrons. The van der Waals surface area contributed by atoms with E-state index in [0.29, 0.717) is 17.0 Å². The van der Waals surface area contributed by atoms with Gasteiger partial charge in [-0.15, -0.1) is 0 Å². The summed E-state index contributed by atoms with van der Waals surface area (Å²) in [6.45, 7) is 5.20. The Morgan fingerprint density at radius 2 is 2.11 bits per heavy atom. The summed E-state index contributed by atoms with van der Waals surface area (Å²) in [6, 6.07) is 8.74. The molecule has 1 saturated carbocycles. The van der Waals surface area contributed by atoms with E-state index >= 15 is 0 Å². The van der Waals surface area contributed by atoms with Gasteiger partial charge in [-0.3, -0.25) is 4.21 Å². The van der Waals surface area contributed by atoms with Crippen molar-refractivity contribution in [3.63, 3.8) is 0 Å². The van der Waals surface area contributed by atoms with Gasteiger partial charge < -0.3 is 5.32 Å². The van der Waals surface area contributed by atoms with Crippen LogP contribution >= 0.6 is 0 Å². The van der Waals surface area contributed by atoms with Gasteiger partial charge in [0.15, 0.2) is 0 Å². The minimum Gasteiger partial charge on any atom is -0.313 e. The lowest BCUT2D eigenvalue weighted by atomic mass is 10.1. The molecule has 1 aliphatic rings. The van der Waals surface area contributed by atoms with Crippen LogP contribution in [0.3, 0.4) is 0 Å². The quantitative estimate of drug-likeness (QED) is 0.887. The zero-order valence-corrected chi connectivity index (χ0v) is 12.1. The summed E-state index contributed by atoms with van der Waals surface area (Å²) >= 11 is 0. The highest BCUT2D eigenvalue weighted by atomic mass is 32.2. The van der Waals surface area contributed by atoms with Gasteiger partial charge >= 0.3 is 0 Å². The first-order valence-electron chi connectivity index (χ1n) is 6.87. The molecule has 3 atom stereocenters. The maximum absolute atomic E-state index is 12.5. The molecule has 3 unspecified atom stereocenters. The van der Waals surface area contributed by atoms with Gasteiger partial charge in [0.2, 0.25) is 0 Å². The van der Waals surface area contributed by atoms with Crippen LogP contribution in [0.1, 0.15) is 37.3 Å². The molecule has 1 aromatic rings. The fourth-order valence-electron chi connectivity index (χ4n) is 2.77. The van der Waals surface area contributed by atoms with E-state index in [9.17, 15) is 4.21 Å². The fraction of sp³-hybridized carbons (Fsp3) is 0.600. The third-order valence-corrected chi connectivity index (χ3v) is 5.65. The molecule has 0 aromatic heterocycles. The summed E-state index contributed by atoms with van der Waals surface area (Å²) in [5.74, 6) is 0.708. The standard InChI is InChI=1S/C15H23NOS/c1-3-16-14-9-6-10-15(14)18(17)11-13-8-5-4-7-12(13)2/h4-5,7-8,14-16H,3,6,9-11H2,1-2H3. The van der Waals surface area contributed by atoms with Gasteiger partial charge in [-0.1, -0.05) is 37.6 Å². The molecule has 1 aromatic carbocycles. The first-order chi connectivity index (χ1) is 8.72. The normalized spacial score (nSPS) is 25.2. The second kappa shape index (κ2) is 6.48. The van der Waals surface area contributed by atoms with Gasteiger partial charge in [-0.05, 0) is 37.4 Å². The molecule has 1 fully saturated rings. The second-order valence-corrected chi connectivity index (χ2v) is 6.74. The minimum absolute atomic E-state index is 0.338. The van der Waals surface area contributed by atoms with E-state index in [1.54, 1.807) is 0 Å². The number of rotatable bonds is 5. The predicted octanol–water partition coefficient (Wildman–Crippen LogP) is 2.77. The predicted molar refractivity (Wildman–Crippen MR) is 78.1 cm³/mol. The molecule has 1 aliphatic carbocycles. The zero-order valence-electron chi connectivity index (χ0n) is 11.3. The zero-order chi connectivity index (χ0) is 13.0. The third kappa shape index (κ3) is 3.21. The van der Waals surface area contributed by atoms with E-state index in [2.05, 4.69) is 31.3 Å². The Morgan fingerprint density at radius 3 is 2.83 bits per heavy atom. The summed E-state index contributed by atoms with van der Waals surface area (Å²) in [6.07, 6.45) is 3.50. The van der Waals surface area contributed by atoms with Crippen molar-refractivity contribution in [3.8, 4) is 0 Å². The number of hydrogen-bond donors (Lipinski definition) is 1. The van der Waals surface area contributed by atoms with E-state index in [1.165, 1.54) is 24.0 Å². The van der Waals surface area contributed by atoms with Gasteiger partial charge in [0.05, 0.1) is 5.25 Å². The molecule has 0 amide bonds. The lowest BCUT2D eigenvalue weighted by Crippen LogP contribution is -2.38. The molecule has 2 rings (SSSR count). The van der Waals surface area contributed by atoms with Crippen LogP contribution in [0.25, 0.3) is 0 Å². The van der Waals surface area contributed by atoms with Crippen molar-refractivity contribution in [1.82, 2.24) is 5.32 Å².